The molecule has 0 saturated carbocycles. The number of hydrogen-bond acceptors (Lipinski definition) is 3. The molecule has 122 valence electrons. The zero-order chi connectivity index (χ0) is 17.0. The maximum absolute atomic E-state index is 13.8. The highest BCUT2D eigenvalue weighted by Gasteiger charge is 2.14. The summed E-state index contributed by atoms with van der Waals surface area (Å²) in [6.45, 7) is 1.98. The number of esters is 1. The van der Waals surface area contributed by atoms with Crippen molar-refractivity contribution >= 4 is 5.97 Å². The maximum atomic E-state index is 13.8. The lowest BCUT2D eigenvalue weighted by atomic mass is 10.1. The molecule has 0 bridgehead atoms. The molecule has 2 rings (SSSR count). The minimum Gasteiger partial charge on any atom is -0.465 e. The first-order valence-electron chi connectivity index (χ1n) is 6.97. The highest BCUT2D eigenvalue weighted by atomic mass is 19.1. The number of ether oxygens (including phenoxy) is 1. The number of nitrogens with one attached hydrogen (secondary N) is 1. The van der Waals surface area contributed by atoms with Gasteiger partial charge < -0.3 is 10.1 Å². The number of halogens is 3. The van der Waals surface area contributed by atoms with E-state index in [2.05, 4.69) is 10.1 Å². The lowest BCUT2D eigenvalue weighted by molar-refractivity contribution is 0.0595. The fraction of sp³-hybridized carbons (Fsp3) is 0.235. The SMILES string of the molecule is COC(=O)c1ccc(CN[C@H](C)c2ccc(F)cc2F)cc1F. The Morgan fingerprint density at radius 3 is 2.48 bits per heavy atom. The van der Waals surface area contributed by atoms with Gasteiger partial charge in [0.25, 0.3) is 0 Å². The predicted octanol–water partition coefficient (Wildman–Crippen LogP) is 3.74. The first-order chi connectivity index (χ1) is 10.9. The van der Waals surface area contributed by atoms with E-state index >= 15 is 0 Å². The molecule has 0 aromatic heterocycles. The smallest absolute Gasteiger partial charge is 0.340 e. The van der Waals surface area contributed by atoms with Crippen LogP contribution in [-0.2, 0) is 11.3 Å². The third-order valence-electron chi connectivity index (χ3n) is 3.48. The lowest BCUT2D eigenvalue weighted by Gasteiger charge is -2.15. The molecule has 1 N–H and O–H groups in total. The van der Waals surface area contributed by atoms with Crippen LogP contribution in [0, 0.1) is 17.5 Å². The van der Waals surface area contributed by atoms with Crippen LogP contribution in [0.1, 0.15) is 34.5 Å². The first kappa shape index (κ1) is 17.0. The molecule has 0 aliphatic rings. The van der Waals surface area contributed by atoms with E-state index in [4.69, 9.17) is 0 Å². The Kier molecular flexibility index (Phi) is 5.39. The van der Waals surface area contributed by atoms with Crippen LogP contribution < -0.4 is 5.32 Å². The van der Waals surface area contributed by atoms with Crippen LogP contribution in [-0.4, -0.2) is 13.1 Å². The fourth-order valence-corrected chi connectivity index (χ4v) is 2.18. The Morgan fingerprint density at radius 1 is 1.13 bits per heavy atom. The summed E-state index contributed by atoms with van der Waals surface area (Å²) >= 11 is 0. The van der Waals surface area contributed by atoms with Crippen molar-refractivity contribution in [1.29, 1.82) is 0 Å². The van der Waals surface area contributed by atoms with E-state index in [0.717, 1.165) is 6.07 Å². The molecule has 0 heterocycles. The van der Waals surface area contributed by atoms with Crippen molar-refractivity contribution < 1.29 is 22.7 Å². The number of carbonyl (C=O) groups is 1. The maximum Gasteiger partial charge on any atom is 0.340 e. The van der Waals surface area contributed by atoms with E-state index in [-0.39, 0.29) is 18.2 Å². The predicted molar refractivity (Wildman–Crippen MR) is 79.4 cm³/mol. The van der Waals surface area contributed by atoms with E-state index in [0.29, 0.717) is 11.1 Å². The molecule has 0 saturated heterocycles. The van der Waals surface area contributed by atoms with Crippen LogP contribution in [0.15, 0.2) is 36.4 Å². The molecule has 0 radical (unpaired) electrons. The van der Waals surface area contributed by atoms with Crippen molar-refractivity contribution in [2.75, 3.05) is 7.11 Å². The lowest BCUT2D eigenvalue weighted by Crippen LogP contribution is -2.19. The van der Waals surface area contributed by atoms with Gasteiger partial charge in [0.15, 0.2) is 0 Å². The van der Waals surface area contributed by atoms with Crippen molar-refractivity contribution in [3.05, 3.63) is 70.5 Å². The number of methoxy groups -OCH3 is 1. The zero-order valence-electron chi connectivity index (χ0n) is 12.7. The van der Waals surface area contributed by atoms with Gasteiger partial charge in [0, 0.05) is 24.2 Å². The van der Waals surface area contributed by atoms with E-state index in [1.54, 1.807) is 13.0 Å². The van der Waals surface area contributed by atoms with Gasteiger partial charge in [0.2, 0.25) is 0 Å². The highest BCUT2D eigenvalue weighted by molar-refractivity contribution is 5.89. The van der Waals surface area contributed by atoms with Crippen molar-refractivity contribution in [2.24, 2.45) is 0 Å². The average Bonchev–Trinajstić information content (AvgIpc) is 2.52. The molecule has 23 heavy (non-hydrogen) atoms. The van der Waals surface area contributed by atoms with Gasteiger partial charge in [-0.25, -0.2) is 18.0 Å². The Balaban J connectivity index is 2.05. The number of rotatable bonds is 5. The largest absolute Gasteiger partial charge is 0.465 e. The van der Waals surface area contributed by atoms with E-state index < -0.39 is 23.4 Å². The van der Waals surface area contributed by atoms with Gasteiger partial charge in [0.05, 0.1) is 12.7 Å². The van der Waals surface area contributed by atoms with Crippen molar-refractivity contribution in [2.45, 2.75) is 19.5 Å². The van der Waals surface area contributed by atoms with Gasteiger partial charge in [-0.2, -0.15) is 0 Å². The zero-order valence-corrected chi connectivity index (χ0v) is 12.7. The van der Waals surface area contributed by atoms with Crippen LogP contribution in [0.25, 0.3) is 0 Å². The Hall–Kier alpha value is -2.34. The molecule has 2 aromatic carbocycles. The number of benzene rings is 2. The van der Waals surface area contributed by atoms with Crippen LogP contribution >= 0.6 is 0 Å². The molecule has 6 heteroatoms. The summed E-state index contributed by atoms with van der Waals surface area (Å²) < 4.78 is 44.9. The van der Waals surface area contributed by atoms with Crippen LogP contribution in [0.4, 0.5) is 13.2 Å². The molecular weight excluding hydrogens is 307 g/mol. The van der Waals surface area contributed by atoms with Crippen molar-refractivity contribution in [3.63, 3.8) is 0 Å². The third-order valence-corrected chi connectivity index (χ3v) is 3.48. The Morgan fingerprint density at radius 2 is 1.87 bits per heavy atom. The molecule has 0 aliphatic heterocycles. The van der Waals surface area contributed by atoms with Crippen LogP contribution in [0.5, 0.6) is 0 Å². The minimum absolute atomic E-state index is 0.145. The van der Waals surface area contributed by atoms with E-state index in [1.165, 1.54) is 31.4 Å². The van der Waals surface area contributed by atoms with E-state index in [9.17, 15) is 18.0 Å². The van der Waals surface area contributed by atoms with Gasteiger partial charge in [0.1, 0.15) is 17.5 Å². The topological polar surface area (TPSA) is 38.3 Å². The summed E-state index contributed by atoms with van der Waals surface area (Å²) in [4.78, 5) is 11.3. The molecule has 2 aromatic rings. The van der Waals surface area contributed by atoms with Crippen molar-refractivity contribution in [1.82, 2.24) is 5.32 Å². The first-order valence-corrected chi connectivity index (χ1v) is 6.97. The van der Waals surface area contributed by atoms with Crippen molar-refractivity contribution in [3.8, 4) is 0 Å². The second kappa shape index (κ2) is 7.28. The molecule has 0 amide bonds. The summed E-state index contributed by atoms with van der Waals surface area (Å²) in [6, 6.07) is 7.10. The Labute approximate surface area is 132 Å². The van der Waals surface area contributed by atoms with Gasteiger partial charge >= 0.3 is 5.97 Å². The molecule has 1 atom stereocenters. The molecular formula is C17H16F3NO2. The normalized spacial score (nSPS) is 12.0. The molecule has 0 fully saturated rings. The third kappa shape index (κ3) is 4.10. The van der Waals surface area contributed by atoms with Crippen LogP contribution in [0.2, 0.25) is 0 Å². The molecule has 0 unspecified atom stereocenters. The summed E-state index contributed by atoms with van der Waals surface area (Å²) in [5.74, 6) is -2.71. The van der Waals surface area contributed by atoms with E-state index in [1.807, 2.05) is 0 Å². The molecule has 0 aliphatic carbocycles. The summed E-state index contributed by atoms with van der Waals surface area (Å²) in [6.07, 6.45) is 0. The van der Waals surface area contributed by atoms with Gasteiger partial charge in [-0.3, -0.25) is 0 Å². The standard InChI is InChI=1S/C17H16F3NO2/c1-10(13-6-4-12(18)8-16(13)20)21-9-11-3-5-14(15(19)7-11)17(22)23-2/h3-8,10,21H,9H2,1-2H3/t10-/m1/s1. The summed E-state index contributed by atoms with van der Waals surface area (Å²) in [7, 11) is 1.18. The highest BCUT2D eigenvalue weighted by Crippen LogP contribution is 2.19. The Bertz CT molecular complexity index is 719. The van der Waals surface area contributed by atoms with Crippen LogP contribution in [0.3, 0.4) is 0 Å². The molecule has 3 nitrogen and oxygen atoms in total. The quantitative estimate of drug-likeness (QED) is 0.852. The van der Waals surface area contributed by atoms with Gasteiger partial charge in [-0.1, -0.05) is 12.1 Å². The fourth-order valence-electron chi connectivity index (χ4n) is 2.18. The van der Waals surface area contributed by atoms with Gasteiger partial charge in [-0.15, -0.1) is 0 Å². The summed E-state index contributed by atoms with van der Waals surface area (Å²) in [5, 5.41) is 3.02. The number of hydrogen-bond donors (Lipinski definition) is 1. The monoisotopic (exact) mass is 323 g/mol. The number of carbonyl (C=O) groups excluding carboxylic acids is 1. The summed E-state index contributed by atoms with van der Waals surface area (Å²) in [5.41, 5.74) is 0.761. The average molecular weight is 323 g/mol. The second-order valence-corrected chi connectivity index (χ2v) is 5.07. The second-order valence-electron chi connectivity index (χ2n) is 5.07. The van der Waals surface area contributed by atoms with Gasteiger partial charge in [-0.05, 0) is 30.7 Å². The minimum atomic E-state index is -0.747. The molecule has 0 spiro atoms.